The average Bonchev–Trinajstić information content (AvgIpc) is 2.39. The topological polar surface area (TPSA) is 32.3 Å². The molecule has 2 amide bonds. The molecule has 18 heavy (non-hydrogen) atoms. The average molecular weight is 378 g/mol. The molecule has 0 aliphatic rings. The Morgan fingerprint density at radius 2 is 1.72 bits per heavy atom. The number of nitrogens with one attached hydrogen (secondary N) is 1. The number of rotatable bonds is 7. The molecule has 3 nitrogen and oxygen atoms in total. The van der Waals surface area contributed by atoms with E-state index < -0.39 is 0 Å². The molecule has 5 heteroatoms. The second-order valence-corrected chi connectivity index (χ2v) is 5.42. The van der Waals surface area contributed by atoms with E-state index in [-0.39, 0.29) is 6.03 Å². The molecule has 0 saturated carbocycles. The van der Waals surface area contributed by atoms with Crippen LogP contribution in [0.5, 0.6) is 0 Å². The van der Waals surface area contributed by atoms with Crippen LogP contribution in [0.15, 0.2) is 30.3 Å². The summed E-state index contributed by atoms with van der Waals surface area (Å²) in [4.78, 5) is 13.7. The fourth-order valence-electron chi connectivity index (χ4n) is 1.59. The highest BCUT2D eigenvalue weighted by Gasteiger charge is 2.10. The zero-order valence-corrected chi connectivity index (χ0v) is 13.4. The van der Waals surface area contributed by atoms with Crippen molar-refractivity contribution in [3.05, 3.63) is 35.9 Å². The molecule has 0 spiro atoms. The number of carbonyl (C=O) groups excluding carboxylic acids is 1. The summed E-state index contributed by atoms with van der Waals surface area (Å²) in [7, 11) is 0. The van der Waals surface area contributed by atoms with Crippen LogP contribution in [-0.2, 0) is 6.42 Å². The highest BCUT2D eigenvalue weighted by atomic mass is 79.9. The first-order valence-corrected chi connectivity index (χ1v) is 8.21. The Morgan fingerprint density at radius 1 is 1.11 bits per heavy atom. The fourth-order valence-corrected chi connectivity index (χ4v) is 2.45. The molecule has 100 valence electrons. The quantitative estimate of drug-likeness (QED) is 0.727. The first-order chi connectivity index (χ1) is 8.77. The van der Waals surface area contributed by atoms with Gasteiger partial charge in [-0.25, -0.2) is 4.79 Å². The van der Waals surface area contributed by atoms with Gasteiger partial charge < -0.3 is 10.2 Å². The van der Waals surface area contributed by atoms with Crippen LogP contribution in [0.3, 0.4) is 0 Å². The van der Waals surface area contributed by atoms with Crippen molar-refractivity contribution in [2.75, 3.05) is 30.3 Å². The molecule has 0 atom stereocenters. The molecular weight excluding hydrogens is 360 g/mol. The van der Waals surface area contributed by atoms with E-state index in [0.29, 0.717) is 6.54 Å². The first-order valence-electron chi connectivity index (χ1n) is 5.96. The van der Waals surface area contributed by atoms with Crippen molar-refractivity contribution in [1.82, 2.24) is 10.2 Å². The molecule has 0 heterocycles. The number of carbonyl (C=O) groups is 1. The lowest BCUT2D eigenvalue weighted by atomic mass is 10.1. The molecule has 1 N–H and O–H groups in total. The van der Waals surface area contributed by atoms with E-state index in [0.717, 1.165) is 30.2 Å². The third-order valence-corrected chi connectivity index (χ3v) is 3.24. The summed E-state index contributed by atoms with van der Waals surface area (Å²) in [5.41, 5.74) is 1.24. The summed E-state index contributed by atoms with van der Waals surface area (Å²) < 4.78 is 0. The largest absolute Gasteiger partial charge is 0.338 e. The number of hydrogen-bond donors (Lipinski definition) is 1. The minimum absolute atomic E-state index is 0.00447. The lowest BCUT2D eigenvalue weighted by molar-refractivity contribution is 0.204. The van der Waals surface area contributed by atoms with Crippen LogP contribution in [0.4, 0.5) is 4.79 Å². The number of amides is 2. The van der Waals surface area contributed by atoms with Crippen molar-refractivity contribution in [1.29, 1.82) is 0 Å². The van der Waals surface area contributed by atoms with Gasteiger partial charge in [0.25, 0.3) is 0 Å². The smallest absolute Gasteiger partial charge is 0.317 e. The van der Waals surface area contributed by atoms with Gasteiger partial charge in [-0.15, -0.1) is 0 Å². The Balaban J connectivity index is 2.30. The number of alkyl halides is 2. The van der Waals surface area contributed by atoms with Crippen LogP contribution >= 0.6 is 31.9 Å². The summed E-state index contributed by atoms with van der Waals surface area (Å²) in [5, 5.41) is 4.54. The van der Waals surface area contributed by atoms with E-state index in [1.54, 1.807) is 4.90 Å². The van der Waals surface area contributed by atoms with Gasteiger partial charge in [-0.3, -0.25) is 0 Å². The van der Waals surface area contributed by atoms with Crippen molar-refractivity contribution < 1.29 is 4.79 Å². The second-order valence-electron chi connectivity index (χ2n) is 3.83. The van der Waals surface area contributed by atoms with E-state index in [4.69, 9.17) is 0 Å². The normalized spacial score (nSPS) is 10.1. The summed E-state index contributed by atoms with van der Waals surface area (Å²) in [5.74, 6) is 0. The summed E-state index contributed by atoms with van der Waals surface area (Å²) in [6.07, 6.45) is 0.864. The third kappa shape index (κ3) is 5.87. The molecule has 0 aliphatic heterocycles. The van der Waals surface area contributed by atoms with Crippen molar-refractivity contribution in [2.24, 2.45) is 0 Å². The Morgan fingerprint density at radius 3 is 2.28 bits per heavy atom. The van der Waals surface area contributed by atoms with Gasteiger partial charge in [0.1, 0.15) is 0 Å². The predicted molar refractivity (Wildman–Crippen MR) is 82.7 cm³/mol. The zero-order valence-electron chi connectivity index (χ0n) is 10.2. The highest BCUT2D eigenvalue weighted by molar-refractivity contribution is 9.09. The van der Waals surface area contributed by atoms with Gasteiger partial charge in [-0.1, -0.05) is 62.2 Å². The van der Waals surface area contributed by atoms with E-state index in [1.165, 1.54) is 5.56 Å². The SMILES string of the molecule is O=C(NCCc1ccccc1)N(CCBr)CCBr. The second kappa shape index (κ2) is 9.39. The molecule has 0 unspecified atom stereocenters. The third-order valence-electron chi connectivity index (χ3n) is 2.53. The van der Waals surface area contributed by atoms with Crippen molar-refractivity contribution in [2.45, 2.75) is 6.42 Å². The highest BCUT2D eigenvalue weighted by Crippen LogP contribution is 1.99. The molecule has 0 radical (unpaired) electrons. The maximum Gasteiger partial charge on any atom is 0.317 e. The van der Waals surface area contributed by atoms with Crippen LogP contribution < -0.4 is 5.32 Å². The molecule has 1 aromatic rings. The van der Waals surface area contributed by atoms with E-state index >= 15 is 0 Å². The molecule has 1 rings (SSSR count). The molecule has 0 aliphatic carbocycles. The molecule has 0 saturated heterocycles. The Labute approximate surface area is 125 Å². The monoisotopic (exact) mass is 376 g/mol. The number of hydrogen-bond acceptors (Lipinski definition) is 1. The molecule has 0 aromatic heterocycles. The number of urea groups is 1. The maximum absolute atomic E-state index is 11.9. The minimum Gasteiger partial charge on any atom is -0.338 e. The van der Waals surface area contributed by atoms with Gasteiger partial charge in [0, 0.05) is 30.3 Å². The number of nitrogens with zero attached hydrogens (tertiary/aromatic N) is 1. The van der Waals surface area contributed by atoms with Crippen LogP contribution in [0, 0.1) is 0 Å². The van der Waals surface area contributed by atoms with Gasteiger partial charge in [-0.2, -0.15) is 0 Å². The number of halogens is 2. The van der Waals surface area contributed by atoms with Gasteiger partial charge in [0.15, 0.2) is 0 Å². The molecular formula is C13H18Br2N2O. The van der Waals surface area contributed by atoms with Crippen LogP contribution in [0.25, 0.3) is 0 Å². The van der Waals surface area contributed by atoms with Crippen molar-refractivity contribution in [3.8, 4) is 0 Å². The predicted octanol–water partition coefficient (Wildman–Crippen LogP) is 3.03. The Hall–Kier alpha value is -0.550. The first kappa shape index (κ1) is 15.5. The summed E-state index contributed by atoms with van der Waals surface area (Å²) in [6, 6.07) is 10.2. The van der Waals surface area contributed by atoms with Crippen molar-refractivity contribution in [3.63, 3.8) is 0 Å². The zero-order chi connectivity index (χ0) is 13.2. The van der Waals surface area contributed by atoms with Crippen LogP contribution in [0.1, 0.15) is 5.56 Å². The van der Waals surface area contributed by atoms with E-state index in [1.807, 2.05) is 18.2 Å². The van der Waals surface area contributed by atoms with Gasteiger partial charge in [0.2, 0.25) is 0 Å². The lowest BCUT2D eigenvalue weighted by Gasteiger charge is -2.21. The summed E-state index contributed by atoms with van der Waals surface area (Å²) >= 11 is 6.71. The molecule has 0 bridgehead atoms. The lowest BCUT2D eigenvalue weighted by Crippen LogP contribution is -2.42. The van der Waals surface area contributed by atoms with Crippen LogP contribution in [0.2, 0.25) is 0 Å². The minimum atomic E-state index is 0.00447. The molecule has 1 aromatic carbocycles. The standard InChI is InChI=1S/C13H18Br2N2O/c14-7-10-17(11-8-15)13(18)16-9-6-12-4-2-1-3-5-12/h1-5H,6-11H2,(H,16,18). The Bertz CT molecular complexity index is 340. The van der Waals surface area contributed by atoms with Gasteiger partial charge in [0.05, 0.1) is 0 Å². The Kier molecular flexibility index (Phi) is 8.09. The maximum atomic E-state index is 11.9. The van der Waals surface area contributed by atoms with Crippen molar-refractivity contribution >= 4 is 37.9 Å². The fraction of sp³-hybridized carbons (Fsp3) is 0.462. The van der Waals surface area contributed by atoms with Gasteiger partial charge >= 0.3 is 6.03 Å². The summed E-state index contributed by atoms with van der Waals surface area (Å²) in [6.45, 7) is 2.12. The molecule has 0 fully saturated rings. The van der Waals surface area contributed by atoms with E-state index in [2.05, 4.69) is 49.3 Å². The van der Waals surface area contributed by atoms with E-state index in [9.17, 15) is 4.79 Å². The van der Waals surface area contributed by atoms with Crippen LogP contribution in [-0.4, -0.2) is 41.2 Å². The van der Waals surface area contributed by atoms with Gasteiger partial charge in [-0.05, 0) is 12.0 Å². The number of benzene rings is 1.